The Labute approximate surface area is 56.7 Å². The molecular formula is C8H14O. The Kier molecular flexibility index (Phi) is 1.79. The minimum absolute atomic E-state index is 0.405. The lowest BCUT2D eigenvalue weighted by Crippen LogP contribution is -1.95. The van der Waals surface area contributed by atoms with Crippen LogP contribution in [0, 0.1) is 5.92 Å². The van der Waals surface area contributed by atoms with E-state index in [0.29, 0.717) is 12.0 Å². The summed E-state index contributed by atoms with van der Waals surface area (Å²) < 4.78 is 5.37. The monoisotopic (exact) mass is 126 g/mol. The van der Waals surface area contributed by atoms with Crippen LogP contribution in [-0.4, -0.2) is 6.10 Å². The molecule has 0 radical (unpaired) electrons. The highest BCUT2D eigenvalue weighted by Gasteiger charge is 2.24. The molecule has 1 unspecified atom stereocenters. The predicted octanol–water partition coefficient (Wildman–Crippen LogP) is 2.34. The van der Waals surface area contributed by atoms with Crippen molar-refractivity contribution < 1.29 is 4.74 Å². The average Bonchev–Trinajstić information content (AvgIpc) is 2.10. The van der Waals surface area contributed by atoms with Gasteiger partial charge in [0.25, 0.3) is 0 Å². The minimum atomic E-state index is 0.405. The van der Waals surface area contributed by atoms with Crippen LogP contribution in [0.25, 0.3) is 0 Å². The first-order chi connectivity index (χ1) is 4.24. The first-order valence-corrected chi connectivity index (χ1v) is 3.59. The zero-order valence-corrected chi connectivity index (χ0v) is 6.18. The molecular weight excluding hydrogens is 112 g/mol. The molecule has 52 valence electrons. The molecule has 1 nitrogen and oxygen atoms in total. The fraction of sp³-hybridized carbons (Fsp3) is 0.750. The first kappa shape index (κ1) is 6.66. The summed E-state index contributed by atoms with van der Waals surface area (Å²) in [6.07, 6.45) is 2.74. The van der Waals surface area contributed by atoms with Crippen molar-refractivity contribution in [3.8, 4) is 0 Å². The highest BCUT2D eigenvalue weighted by atomic mass is 16.5. The normalized spacial score (nSPS) is 34.7. The zero-order chi connectivity index (χ0) is 6.85. The van der Waals surface area contributed by atoms with Gasteiger partial charge in [-0.2, -0.15) is 0 Å². The quantitative estimate of drug-likeness (QED) is 0.524. The van der Waals surface area contributed by atoms with Crippen LogP contribution in [0.5, 0.6) is 0 Å². The molecule has 1 heterocycles. The Bertz CT molecular complexity index is 118. The zero-order valence-electron chi connectivity index (χ0n) is 6.18. The number of allylic oxidation sites excluding steroid dienone is 1. The lowest BCUT2D eigenvalue weighted by Gasteiger charge is -2.02. The van der Waals surface area contributed by atoms with E-state index in [2.05, 4.69) is 20.4 Å². The van der Waals surface area contributed by atoms with Gasteiger partial charge in [0.15, 0.2) is 0 Å². The van der Waals surface area contributed by atoms with E-state index in [9.17, 15) is 0 Å². The fourth-order valence-corrected chi connectivity index (χ4v) is 1.33. The van der Waals surface area contributed by atoms with Gasteiger partial charge in [-0.25, -0.2) is 0 Å². The molecule has 0 aliphatic carbocycles. The van der Waals surface area contributed by atoms with Gasteiger partial charge in [0, 0.05) is 5.92 Å². The molecule has 1 rings (SSSR count). The molecule has 0 bridgehead atoms. The van der Waals surface area contributed by atoms with Crippen molar-refractivity contribution in [2.75, 3.05) is 0 Å². The standard InChI is InChI=1S/C8H14O/c1-4-8-5-6(2)9-7(8)3/h6,8H,3-5H2,1-2H3/t6-,8?/m0/s1. The largest absolute Gasteiger partial charge is 0.495 e. The molecule has 9 heavy (non-hydrogen) atoms. The van der Waals surface area contributed by atoms with Gasteiger partial charge in [-0.1, -0.05) is 13.5 Å². The lowest BCUT2D eigenvalue weighted by atomic mass is 10.0. The maximum atomic E-state index is 5.37. The van der Waals surface area contributed by atoms with Gasteiger partial charge in [-0.15, -0.1) is 0 Å². The summed E-state index contributed by atoms with van der Waals surface area (Å²) in [7, 11) is 0. The van der Waals surface area contributed by atoms with E-state index in [1.54, 1.807) is 0 Å². The number of rotatable bonds is 1. The van der Waals surface area contributed by atoms with Crippen molar-refractivity contribution in [1.82, 2.24) is 0 Å². The molecule has 1 aliphatic heterocycles. The van der Waals surface area contributed by atoms with E-state index in [1.807, 2.05) is 0 Å². The van der Waals surface area contributed by atoms with Gasteiger partial charge in [0.1, 0.15) is 0 Å². The second-order valence-corrected chi connectivity index (χ2v) is 2.74. The lowest BCUT2D eigenvalue weighted by molar-refractivity contribution is 0.178. The third-order valence-electron chi connectivity index (χ3n) is 1.92. The Hall–Kier alpha value is -0.460. The molecule has 0 aromatic heterocycles. The SMILES string of the molecule is C=C1O[C@@H](C)CC1CC. The summed E-state index contributed by atoms with van der Waals surface area (Å²) >= 11 is 0. The molecule has 0 spiro atoms. The Balaban J connectivity index is 2.48. The van der Waals surface area contributed by atoms with Crippen molar-refractivity contribution in [1.29, 1.82) is 0 Å². The van der Waals surface area contributed by atoms with Gasteiger partial charge >= 0.3 is 0 Å². The topological polar surface area (TPSA) is 9.23 Å². The molecule has 0 saturated carbocycles. The summed E-state index contributed by atoms with van der Waals surface area (Å²) in [6.45, 7) is 8.11. The highest BCUT2D eigenvalue weighted by molar-refractivity contribution is 4.97. The van der Waals surface area contributed by atoms with Crippen LogP contribution in [0.15, 0.2) is 12.3 Å². The summed E-state index contributed by atoms with van der Waals surface area (Å²) in [6, 6.07) is 0. The fourth-order valence-electron chi connectivity index (χ4n) is 1.33. The summed E-state index contributed by atoms with van der Waals surface area (Å²) in [5, 5.41) is 0. The van der Waals surface area contributed by atoms with Crippen LogP contribution >= 0.6 is 0 Å². The van der Waals surface area contributed by atoms with Gasteiger partial charge in [0.05, 0.1) is 11.9 Å². The van der Waals surface area contributed by atoms with Gasteiger partial charge < -0.3 is 4.74 Å². The summed E-state index contributed by atoms with van der Waals surface area (Å²) in [5.41, 5.74) is 0. The van der Waals surface area contributed by atoms with Crippen LogP contribution in [-0.2, 0) is 4.74 Å². The molecule has 1 heteroatoms. The second-order valence-electron chi connectivity index (χ2n) is 2.74. The third kappa shape index (κ3) is 1.26. The molecule has 0 amide bonds. The van der Waals surface area contributed by atoms with Crippen LogP contribution in [0.2, 0.25) is 0 Å². The summed E-state index contributed by atoms with van der Waals surface area (Å²) in [5.74, 6) is 1.62. The van der Waals surface area contributed by atoms with Gasteiger partial charge in [-0.05, 0) is 19.8 Å². The van der Waals surface area contributed by atoms with E-state index in [-0.39, 0.29) is 0 Å². The van der Waals surface area contributed by atoms with Crippen molar-refractivity contribution in [2.24, 2.45) is 5.92 Å². The van der Waals surface area contributed by atoms with Crippen molar-refractivity contribution in [3.05, 3.63) is 12.3 Å². The average molecular weight is 126 g/mol. The van der Waals surface area contributed by atoms with Crippen molar-refractivity contribution in [2.45, 2.75) is 32.8 Å². The maximum absolute atomic E-state index is 5.37. The molecule has 2 atom stereocenters. The first-order valence-electron chi connectivity index (χ1n) is 3.59. The van der Waals surface area contributed by atoms with Gasteiger partial charge in [0.2, 0.25) is 0 Å². The van der Waals surface area contributed by atoms with E-state index >= 15 is 0 Å². The second kappa shape index (κ2) is 2.42. The Morgan fingerprint density at radius 3 is 2.67 bits per heavy atom. The van der Waals surface area contributed by atoms with E-state index in [0.717, 1.165) is 12.2 Å². The molecule has 0 aromatic carbocycles. The van der Waals surface area contributed by atoms with Crippen LogP contribution in [0.4, 0.5) is 0 Å². The van der Waals surface area contributed by atoms with Crippen LogP contribution in [0.3, 0.4) is 0 Å². The van der Waals surface area contributed by atoms with Crippen molar-refractivity contribution >= 4 is 0 Å². The highest BCUT2D eigenvalue weighted by Crippen LogP contribution is 2.30. The van der Waals surface area contributed by atoms with Crippen molar-refractivity contribution in [3.63, 3.8) is 0 Å². The Morgan fingerprint density at radius 2 is 2.44 bits per heavy atom. The molecule has 1 saturated heterocycles. The Morgan fingerprint density at radius 1 is 1.78 bits per heavy atom. The minimum Gasteiger partial charge on any atom is -0.495 e. The van der Waals surface area contributed by atoms with Crippen LogP contribution in [0.1, 0.15) is 26.7 Å². The molecule has 0 aromatic rings. The van der Waals surface area contributed by atoms with Crippen LogP contribution < -0.4 is 0 Å². The van der Waals surface area contributed by atoms with E-state index in [1.165, 1.54) is 6.42 Å². The molecule has 0 N–H and O–H groups in total. The molecule has 1 aliphatic rings. The number of ether oxygens (including phenoxy) is 1. The molecule has 1 fully saturated rings. The van der Waals surface area contributed by atoms with Gasteiger partial charge in [-0.3, -0.25) is 0 Å². The number of hydrogen-bond acceptors (Lipinski definition) is 1. The van der Waals surface area contributed by atoms with E-state index < -0.39 is 0 Å². The predicted molar refractivity (Wildman–Crippen MR) is 38.1 cm³/mol. The number of hydrogen-bond donors (Lipinski definition) is 0. The smallest absolute Gasteiger partial charge is 0.0961 e. The third-order valence-corrected chi connectivity index (χ3v) is 1.92. The van der Waals surface area contributed by atoms with E-state index in [4.69, 9.17) is 4.74 Å². The summed E-state index contributed by atoms with van der Waals surface area (Å²) in [4.78, 5) is 0. The maximum Gasteiger partial charge on any atom is 0.0961 e.